The fraction of sp³-hybridized carbons (Fsp3) is 0.462. The van der Waals surface area contributed by atoms with Crippen molar-refractivity contribution in [3.8, 4) is 5.75 Å². The normalized spacial score (nSPS) is 12.9. The Hall–Kier alpha value is -1.60. The average molecular weight is 301 g/mol. The molecule has 0 aliphatic carbocycles. The molecular weight excluding hydrogens is 282 g/mol. The van der Waals surface area contributed by atoms with Gasteiger partial charge in [-0.1, -0.05) is 25.5 Å². The molecule has 112 valence electrons. The highest BCUT2D eigenvalue weighted by molar-refractivity contribution is 7.89. The van der Waals surface area contributed by atoms with E-state index in [-0.39, 0.29) is 29.5 Å². The van der Waals surface area contributed by atoms with Crippen molar-refractivity contribution in [1.82, 2.24) is 4.72 Å². The fourth-order valence-corrected chi connectivity index (χ4v) is 3.04. The van der Waals surface area contributed by atoms with Gasteiger partial charge in [0.15, 0.2) is 0 Å². The molecule has 1 aromatic carbocycles. The number of methoxy groups -OCH3 is 1. The van der Waals surface area contributed by atoms with Crippen molar-refractivity contribution in [2.24, 2.45) is 5.92 Å². The maximum Gasteiger partial charge on any atom is 0.303 e. The maximum absolute atomic E-state index is 12.2. The van der Waals surface area contributed by atoms with Crippen molar-refractivity contribution in [3.05, 3.63) is 24.3 Å². The van der Waals surface area contributed by atoms with E-state index in [4.69, 9.17) is 9.84 Å². The Morgan fingerprint density at radius 3 is 2.60 bits per heavy atom. The molecule has 1 unspecified atom stereocenters. The minimum atomic E-state index is -3.71. The Bertz CT molecular complexity index is 556. The number of nitrogens with one attached hydrogen (secondary N) is 1. The zero-order chi connectivity index (χ0) is 15.2. The molecule has 1 aromatic rings. The van der Waals surface area contributed by atoms with E-state index < -0.39 is 16.0 Å². The van der Waals surface area contributed by atoms with Gasteiger partial charge in [-0.05, 0) is 18.1 Å². The number of carboxylic acid groups (broad SMARTS) is 1. The number of sulfonamides is 1. The SMILES string of the molecule is CCC(CNS(=O)(=O)c1ccccc1OC)CC(=O)O. The molecule has 0 spiro atoms. The second-order valence-electron chi connectivity index (χ2n) is 4.37. The number of aliphatic carboxylic acids is 1. The molecular formula is C13H19NO5S. The summed E-state index contributed by atoms with van der Waals surface area (Å²) in [7, 11) is -2.32. The number of hydrogen-bond acceptors (Lipinski definition) is 4. The van der Waals surface area contributed by atoms with Gasteiger partial charge < -0.3 is 9.84 Å². The summed E-state index contributed by atoms with van der Waals surface area (Å²) in [5.41, 5.74) is 0. The zero-order valence-electron chi connectivity index (χ0n) is 11.5. The largest absolute Gasteiger partial charge is 0.495 e. The van der Waals surface area contributed by atoms with E-state index in [2.05, 4.69) is 4.72 Å². The van der Waals surface area contributed by atoms with Crippen LogP contribution in [0.1, 0.15) is 19.8 Å². The van der Waals surface area contributed by atoms with Gasteiger partial charge in [0.2, 0.25) is 10.0 Å². The molecule has 0 aliphatic rings. The number of rotatable bonds is 8. The molecule has 2 N–H and O–H groups in total. The standard InChI is InChI=1S/C13H19NO5S/c1-3-10(8-13(15)16)9-14-20(17,18)12-7-5-4-6-11(12)19-2/h4-7,10,14H,3,8-9H2,1-2H3,(H,15,16). The van der Waals surface area contributed by atoms with Crippen molar-refractivity contribution < 1.29 is 23.1 Å². The Morgan fingerprint density at radius 2 is 2.05 bits per heavy atom. The second-order valence-corrected chi connectivity index (χ2v) is 6.11. The highest BCUT2D eigenvalue weighted by atomic mass is 32.2. The van der Waals surface area contributed by atoms with Gasteiger partial charge in [-0.3, -0.25) is 4.79 Å². The van der Waals surface area contributed by atoms with Crippen molar-refractivity contribution >= 4 is 16.0 Å². The lowest BCUT2D eigenvalue weighted by atomic mass is 10.0. The van der Waals surface area contributed by atoms with E-state index >= 15 is 0 Å². The third kappa shape index (κ3) is 4.50. The van der Waals surface area contributed by atoms with Crippen LogP contribution in [-0.4, -0.2) is 33.1 Å². The van der Waals surface area contributed by atoms with Gasteiger partial charge in [0.25, 0.3) is 0 Å². The van der Waals surface area contributed by atoms with E-state index in [1.165, 1.54) is 13.2 Å². The minimum Gasteiger partial charge on any atom is -0.495 e. The van der Waals surface area contributed by atoms with Crippen LogP contribution in [0.15, 0.2) is 29.2 Å². The highest BCUT2D eigenvalue weighted by Crippen LogP contribution is 2.22. The zero-order valence-corrected chi connectivity index (χ0v) is 12.3. The third-order valence-corrected chi connectivity index (χ3v) is 4.42. The Labute approximate surface area is 118 Å². The lowest BCUT2D eigenvalue weighted by Crippen LogP contribution is -2.30. The first-order valence-electron chi connectivity index (χ1n) is 6.25. The fourth-order valence-electron chi connectivity index (χ4n) is 1.75. The van der Waals surface area contributed by atoms with Crippen molar-refractivity contribution in [3.63, 3.8) is 0 Å². The molecule has 0 radical (unpaired) electrons. The highest BCUT2D eigenvalue weighted by Gasteiger charge is 2.21. The van der Waals surface area contributed by atoms with Crippen LogP contribution in [0, 0.1) is 5.92 Å². The quantitative estimate of drug-likeness (QED) is 0.758. The lowest BCUT2D eigenvalue weighted by Gasteiger charge is -2.15. The molecule has 6 nitrogen and oxygen atoms in total. The molecule has 0 amide bonds. The second kappa shape index (κ2) is 7.25. The van der Waals surface area contributed by atoms with E-state index in [0.29, 0.717) is 6.42 Å². The number of benzene rings is 1. The van der Waals surface area contributed by atoms with Gasteiger partial charge in [-0.25, -0.2) is 13.1 Å². The van der Waals surface area contributed by atoms with Gasteiger partial charge in [0.1, 0.15) is 10.6 Å². The summed E-state index contributed by atoms with van der Waals surface area (Å²) < 4.78 is 31.8. The van der Waals surface area contributed by atoms with E-state index in [1.807, 2.05) is 6.92 Å². The molecule has 0 heterocycles. The van der Waals surface area contributed by atoms with E-state index in [0.717, 1.165) is 0 Å². The lowest BCUT2D eigenvalue weighted by molar-refractivity contribution is -0.138. The third-order valence-electron chi connectivity index (χ3n) is 2.96. The van der Waals surface area contributed by atoms with Crippen LogP contribution >= 0.6 is 0 Å². The van der Waals surface area contributed by atoms with Crippen LogP contribution in [0.25, 0.3) is 0 Å². The van der Waals surface area contributed by atoms with E-state index in [1.54, 1.807) is 18.2 Å². The van der Waals surface area contributed by atoms with Crippen LogP contribution in [0.3, 0.4) is 0 Å². The predicted molar refractivity (Wildman–Crippen MR) is 74.2 cm³/mol. The summed E-state index contributed by atoms with van der Waals surface area (Å²) in [4.78, 5) is 10.7. The maximum atomic E-state index is 12.2. The van der Waals surface area contributed by atoms with Crippen LogP contribution in [0.4, 0.5) is 0 Å². The number of hydrogen-bond donors (Lipinski definition) is 2. The van der Waals surface area contributed by atoms with Crippen LogP contribution in [0.2, 0.25) is 0 Å². The number of ether oxygens (including phenoxy) is 1. The number of carboxylic acids is 1. The topological polar surface area (TPSA) is 92.7 Å². The monoisotopic (exact) mass is 301 g/mol. The molecule has 0 aliphatic heterocycles. The minimum absolute atomic E-state index is 0.0488. The molecule has 0 saturated heterocycles. The first-order chi connectivity index (χ1) is 9.40. The van der Waals surface area contributed by atoms with Gasteiger partial charge in [0, 0.05) is 13.0 Å². The Morgan fingerprint density at radius 1 is 1.40 bits per heavy atom. The summed E-state index contributed by atoms with van der Waals surface area (Å²) >= 11 is 0. The number of carbonyl (C=O) groups is 1. The van der Waals surface area contributed by atoms with Crippen LogP contribution in [0.5, 0.6) is 5.75 Å². The van der Waals surface area contributed by atoms with Crippen LogP contribution in [-0.2, 0) is 14.8 Å². The van der Waals surface area contributed by atoms with Crippen molar-refractivity contribution in [1.29, 1.82) is 0 Å². The van der Waals surface area contributed by atoms with Gasteiger partial charge in [-0.15, -0.1) is 0 Å². The van der Waals surface area contributed by atoms with Gasteiger partial charge in [-0.2, -0.15) is 0 Å². The molecule has 0 fully saturated rings. The smallest absolute Gasteiger partial charge is 0.303 e. The molecule has 1 atom stereocenters. The predicted octanol–water partition coefficient (Wildman–Crippen LogP) is 1.47. The summed E-state index contributed by atoms with van der Waals surface area (Å²) in [5, 5.41) is 8.75. The summed E-state index contributed by atoms with van der Waals surface area (Å²) in [5.74, 6) is -0.920. The molecule has 7 heteroatoms. The van der Waals surface area contributed by atoms with Gasteiger partial charge >= 0.3 is 5.97 Å². The first-order valence-corrected chi connectivity index (χ1v) is 7.73. The van der Waals surface area contributed by atoms with Crippen molar-refractivity contribution in [2.75, 3.05) is 13.7 Å². The van der Waals surface area contributed by atoms with Crippen LogP contribution < -0.4 is 9.46 Å². The summed E-state index contributed by atoms with van der Waals surface area (Å²) in [6.45, 7) is 1.91. The average Bonchev–Trinajstić information content (AvgIpc) is 2.43. The molecule has 0 saturated carbocycles. The number of para-hydroxylation sites is 1. The first kappa shape index (κ1) is 16.5. The van der Waals surface area contributed by atoms with E-state index in [9.17, 15) is 13.2 Å². The summed E-state index contributed by atoms with van der Waals surface area (Å²) in [6.07, 6.45) is 0.520. The molecule has 20 heavy (non-hydrogen) atoms. The Balaban J connectivity index is 2.82. The molecule has 0 aromatic heterocycles. The van der Waals surface area contributed by atoms with Gasteiger partial charge in [0.05, 0.1) is 7.11 Å². The molecule has 1 rings (SSSR count). The molecule has 0 bridgehead atoms. The van der Waals surface area contributed by atoms with Crippen molar-refractivity contribution in [2.45, 2.75) is 24.7 Å². The summed E-state index contributed by atoms with van der Waals surface area (Å²) in [6, 6.07) is 6.28. The Kier molecular flexibility index (Phi) is 5.97.